The first-order chi connectivity index (χ1) is 16.1. The third kappa shape index (κ3) is 6.63. The van der Waals surface area contributed by atoms with Gasteiger partial charge in [-0.2, -0.15) is 0 Å². The van der Waals surface area contributed by atoms with E-state index in [1.165, 1.54) is 23.5 Å². The van der Waals surface area contributed by atoms with Gasteiger partial charge >= 0.3 is 0 Å². The van der Waals surface area contributed by atoms with Crippen molar-refractivity contribution in [2.45, 2.75) is 11.8 Å². The quantitative estimate of drug-likeness (QED) is 0.486. The minimum Gasteiger partial charge on any atom is -0.325 e. The molecule has 10 heteroatoms. The number of benzene rings is 2. The molecule has 0 aliphatic heterocycles. The fourth-order valence-corrected chi connectivity index (χ4v) is 4.45. The summed E-state index contributed by atoms with van der Waals surface area (Å²) < 4.78 is 27.2. The molecule has 0 radical (unpaired) electrons. The molecule has 0 saturated heterocycles. The minimum atomic E-state index is -3.81. The zero-order chi connectivity index (χ0) is 24.7. The Balaban J connectivity index is 1.59. The van der Waals surface area contributed by atoms with Gasteiger partial charge in [-0.1, -0.05) is 30.3 Å². The van der Waals surface area contributed by atoms with Crippen molar-refractivity contribution < 1.29 is 18.0 Å². The Kier molecular flexibility index (Phi) is 7.98. The number of carbonyl (C=O) groups is 2. The van der Waals surface area contributed by atoms with E-state index >= 15 is 0 Å². The summed E-state index contributed by atoms with van der Waals surface area (Å²) in [5.74, 6) is -0.235. The van der Waals surface area contributed by atoms with Crippen LogP contribution in [0.4, 0.5) is 17.2 Å². The van der Waals surface area contributed by atoms with Gasteiger partial charge in [0.1, 0.15) is 5.82 Å². The second-order valence-corrected chi connectivity index (χ2v) is 9.74. The third-order valence-electron chi connectivity index (χ3n) is 4.88. The van der Waals surface area contributed by atoms with E-state index in [1.54, 1.807) is 66.5 Å². The van der Waals surface area contributed by atoms with Gasteiger partial charge in [-0.15, -0.1) is 0 Å². The highest BCUT2D eigenvalue weighted by Gasteiger charge is 2.22. The van der Waals surface area contributed by atoms with Crippen LogP contribution in [0, 0.1) is 6.92 Å². The van der Waals surface area contributed by atoms with Crippen molar-refractivity contribution in [3.05, 3.63) is 78.5 Å². The lowest BCUT2D eigenvalue weighted by Crippen LogP contribution is -2.36. The van der Waals surface area contributed by atoms with Gasteiger partial charge in [0.25, 0.3) is 10.0 Å². The molecule has 1 aromatic heterocycles. The number of aromatic nitrogens is 1. The average Bonchev–Trinajstić information content (AvgIpc) is 2.79. The Morgan fingerprint density at radius 2 is 1.50 bits per heavy atom. The molecule has 178 valence electrons. The van der Waals surface area contributed by atoms with Gasteiger partial charge in [0, 0.05) is 18.4 Å². The first kappa shape index (κ1) is 24.9. The number of amides is 2. The second kappa shape index (κ2) is 10.9. The Labute approximate surface area is 199 Å². The van der Waals surface area contributed by atoms with Gasteiger partial charge < -0.3 is 10.6 Å². The zero-order valence-electron chi connectivity index (χ0n) is 19.2. The van der Waals surface area contributed by atoms with Gasteiger partial charge in [-0.3, -0.25) is 18.8 Å². The Hall–Kier alpha value is -3.76. The second-order valence-electron chi connectivity index (χ2n) is 7.77. The van der Waals surface area contributed by atoms with Crippen LogP contribution in [0.5, 0.6) is 0 Å². The molecule has 3 aromatic rings. The maximum atomic E-state index is 13.0. The minimum absolute atomic E-state index is 0.0146. The number of hydrogen-bond acceptors (Lipinski definition) is 6. The number of likely N-dealkylation sites (N-methyl/N-ethyl adjacent to an activating group) is 1. The highest BCUT2D eigenvalue weighted by molar-refractivity contribution is 7.92. The first-order valence-corrected chi connectivity index (χ1v) is 11.9. The summed E-state index contributed by atoms with van der Waals surface area (Å²) in [6.07, 6.45) is 0. The SMILES string of the molecule is Cc1cccc(NC(=O)CN(C)CC(=O)Nc2cccc(S(=O)(=O)N(C)c3ccccc3)c2)n1. The van der Waals surface area contributed by atoms with Crippen LogP contribution >= 0.6 is 0 Å². The summed E-state index contributed by atoms with van der Waals surface area (Å²) in [6.45, 7) is 1.75. The first-order valence-electron chi connectivity index (χ1n) is 10.5. The van der Waals surface area contributed by atoms with Gasteiger partial charge in [0.15, 0.2) is 0 Å². The molecule has 34 heavy (non-hydrogen) atoms. The molecule has 2 aromatic carbocycles. The van der Waals surface area contributed by atoms with E-state index in [1.807, 2.05) is 13.0 Å². The highest BCUT2D eigenvalue weighted by Crippen LogP contribution is 2.23. The molecular formula is C24H27N5O4S. The third-order valence-corrected chi connectivity index (χ3v) is 6.66. The molecule has 2 N–H and O–H groups in total. The number of rotatable bonds is 9. The summed E-state index contributed by atoms with van der Waals surface area (Å²) in [6, 6.07) is 20.1. The van der Waals surface area contributed by atoms with Crippen molar-refractivity contribution in [1.82, 2.24) is 9.88 Å². The number of aryl methyl sites for hydroxylation is 1. The standard InChI is InChI=1S/C24H27N5O4S/c1-18-9-7-14-22(25-18)27-24(31)17-28(2)16-23(30)26-19-10-8-13-21(15-19)34(32,33)29(3)20-11-5-4-6-12-20/h4-15H,16-17H2,1-3H3,(H,26,30)(H,25,27,31). The van der Waals surface area contributed by atoms with Gasteiger partial charge in [-0.25, -0.2) is 13.4 Å². The molecule has 0 fully saturated rings. The number of para-hydroxylation sites is 1. The smallest absolute Gasteiger partial charge is 0.264 e. The predicted octanol–water partition coefficient (Wildman–Crippen LogP) is 2.72. The summed E-state index contributed by atoms with van der Waals surface area (Å²) in [5, 5.41) is 5.38. The monoisotopic (exact) mass is 481 g/mol. The fourth-order valence-electron chi connectivity index (χ4n) is 3.21. The van der Waals surface area contributed by atoms with Crippen molar-refractivity contribution in [1.29, 1.82) is 0 Å². The van der Waals surface area contributed by atoms with Crippen LogP contribution in [-0.2, 0) is 19.6 Å². The molecule has 3 rings (SSSR count). The maximum Gasteiger partial charge on any atom is 0.264 e. The molecule has 0 bridgehead atoms. The molecule has 2 amide bonds. The van der Waals surface area contributed by atoms with Crippen LogP contribution in [0.2, 0.25) is 0 Å². The van der Waals surface area contributed by atoms with Crippen LogP contribution in [0.15, 0.2) is 77.7 Å². The molecule has 0 unspecified atom stereocenters. The number of hydrogen-bond donors (Lipinski definition) is 2. The van der Waals surface area contributed by atoms with Crippen LogP contribution in [0.25, 0.3) is 0 Å². The van der Waals surface area contributed by atoms with Gasteiger partial charge in [-0.05, 0) is 56.4 Å². The Bertz CT molecular complexity index is 1270. The lowest BCUT2D eigenvalue weighted by molar-refractivity contribution is -0.119. The van der Waals surface area contributed by atoms with Gasteiger partial charge in [0.2, 0.25) is 11.8 Å². The lowest BCUT2D eigenvalue weighted by atomic mass is 10.3. The van der Waals surface area contributed by atoms with E-state index in [0.717, 1.165) is 5.69 Å². The number of sulfonamides is 1. The van der Waals surface area contributed by atoms with Crippen molar-refractivity contribution >= 4 is 39.0 Å². The summed E-state index contributed by atoms with van der Waals surface area (Å²) in [4.78, 5) is 30.5. The van der Waals surface area contributed by atoms with Crippen molar-refractivity contribution in [3.8, 4) is 0 Å². The Morgan fingerprint density at radius 1 is 0.853 bits per heavy atom. The van der Waals surface area contributed by atoms with Crippen molar-refractivity contribution in [3.63, 3.8) is 0 Å². The van der Waals surface area contributed by atoms with Crippen LogP contribution in [-0.4, -0.2) is 57.3 Å². The van der Waals surface area contributed by atoms with Crippen LogP contribution < -0.4 is 14.9 Å². The summed E-state index contributed by atoms with van der Waals surface area (Å²) in [5.41, 5.74) is 1.65. The lowest BCUT2D eigenvalue weighted by Gasteiger charge is -2.20. The van der Waals surface area contributed by atoms with E-state index in [0.29, 0.717) is 17.2 Å². The zero-order valence-corrected chi connectivity index (χ0v) is 20.0. The number of carbonyl (C=O) groups excluding carboxylic acids is 2. The van der Waals surface area contributed by atoms with E-state index in [9.17, 15) is 18.0 Å². The van der Waals surface area contributed by atoms with E-state index in [-0.39, 0.29) is 29.8 Å². The normalized spacial score (nSPS) is 11.2. The van der Waals surface area contributed by atoms with E-state index < -0.39 is 10.0 Å². The van der Waals surface area contributed by atoms with Gasteiger partial charge in [0.05, 0.1) is 23.7 Å². The van der Waals surface area contributed by atoms with E-state index in [4.69, 9.17) is 0 Å². The van der Waals surface area contributed by atoms with E-state index in [2.05, 4.69) is 15.6 Å². The molecule has 9 nitrogen and oxygen atoms in total. The van der Waals surface area contributed by atoms with Crippen molar-refractivity contribution in [2.24, 2.45) is 0 Å². The molecule has 0 spiro atoms. The van der Waals surface area contributed by atoms with Crippen LogP contribution in [0.1, 0.15) is 5.69 Å². The van der Waals surface area contributed by atoms with Crippen LogP contribution in [0.3, 0.4) is 0 Å². The molecule has 0 saturated carbocycles. The molecule has 1 heterocycles. The number of anilines is 3. The summed E-state index contributed by atoms with van der Waals surface area (Å²) in [7, 11) is -0.698. The molecular weight excluding hydrogens is 454 g/mol. The topological polar surface area (TPSA) is 112 Å². The number of nitrogens with one attached hydrogen (secondary N) is 2. The highest BCUT2D eigenvalue weighted by atomic mass is 32.2. The van der Waals surface area contributed by atoms with Crippen molar-refractivity contribution in [2.75, 3.05) is 42.1 Å². The summed E-state index contributed by atoms with van der Waals surface area (Å²) >= 11 is 0. The molecule has 0 aliphatic carbocycles. The fraction of sp³-hybridized carbons (Fsp3) is 0.208. The molecule has 0 atom stereocenters. The Morgan fingerprint density at radius 3 is 2.18 bits per heavy atom. The number of pyridine rings is 1. The largest absolute Gasteiger partial charge is 0.325 e. The number of nitrogens with zero attached hydrogens (tertiary/aromatic N) is 3. The average molecular weight is 482 g/mol. The molecule has 0 aliphatic rings. The predicted molar refractivity (Wildman–Crippen MR) is 132 cm³/mol. The maximum absolute atomic E-state index is 13.0.